The van der Waals surface area contributed by atoms with Crippen LogP contribution in [-0.2, 0) is 17.8 Å². The summed E-state index contributed by atoms with van der Waals surface area (Å²) in [7, 11) is 0. The zero-order valence-electron chi connectivity index (χ0n) is 18.9. The van der Waals surface area contributed by atoms with Crippen LogP contribution in [0.2, 0.25) is 5.02 Å². The lowest BCUT2D eigenvalue weighted by molar-refractivity contribution is -0.123. The van der Waals surface area contributed by atoms with Gasteiger partial charge >= 0.3 is 6.03 Å². The maximum atomic E-state index is 12.3. The van der Waals surface area contributed by atoms with Crippen LogP contribution in [0, 0.1) is 6.92 Å². The molecule has 1 aliphatic carbocycles. The Morgan fingerprint density at radius 2 is 2.09 bits per heavy atom. The third kappa shape index (κ3) is 4.04. The van der Waals surface area contributed by atoms with Crippen LogP contribution in [0.5, 0.6) is 11.5 Å². The lowest BCUT2D eigenvalue weighted by atomic mass is 9.99. The molecular weight excluding hydrogens is 442 g/mol. The summed E-state index contributed by atoms with van der Waals surface area (Å²) in [5, 5.41) is 5.68. The normalized spacial score (nSPS) is 24.2. The second kappa shape index (κ2) is 8.54. The molecule has 0 saturated carbocycles. The number of carbonyl (C=O) groups is 2. The fourth-order valence-electron chi connectivity index (χ4n) is 5.23. The van der Waals surface area contributed by atoms with E-state index in [0.29, 0.717) is 43.4 Å². The minimum atomic E-state index is -0.844. The monoisotopic (exact) mass is 469 g/mol. The molecule has 33 heavy (non-hydrogen) atoms. The van der Waals surface area contributed by atoms with Crippen molar-refractivity contribution in [1.82, 2.24) is 15.5 Å². The van der Waals surface area contributed by atoms with E-state index in [1.54, 1.807) is 0 Å². The van der Waals surface area contributed by atoms with Gasteiger partial charge in [-0.15, -0.1) is 0 Å². The van der Waals surface area contributed by atoms with E-state index in [2.05, 4.69) is 40.7 Å². The number of carbonyl (C=O) groups excluding carboxylic acids is 2. The lowest BCUT2D eigenvalue weighted by Crippen LogP contribution is -2.48. The number of rotatable bonds is 6. The first-order chi connectivity index (χ1) is 15.9. The molecule has 2 atom stereocenters. The van der Waals surface area contributed by atoms with E-state index in [-0.39, 0.29) is 12.0 Å². The molecule has 2 saturated heterocycles. The zero-order chi connectivity index (χ0) is 23.2. The van der Waals surface area contributed by atoms with Crippen LogP contribution in [0.25, 0.3) is 0 Å². The Bertz CT molecular complexity index is 1120. The Hall–Kier alpha value is -2.77. The molecule has 5 rings (SSSR count). The predicted octanol–water partition coefficient (Wildman–Crippen LogP) is 3.90. The third-order valence-corrected chi connectivity index (χ3v) is 7.19. The van der Waals surface area contributed by atoms with Crippen LogP contribution in [0.15, 0.2) is 30.3 Å². The van der Waals surface area contributed by atoms with Crippen LogP contribution >= 0.6 is 11.6 Å². The lowest BCUT2D eigenvalue weighted by Gasteiger charge is -2.23. The SMILES string of the molecule is CCOc1cc(O[C@H]2CCc3c(C)cccc32)c(Cl)cc1CN1CCC2(C1)NC(=O)NC2=O. The van der Waals surface area contributed by atoms with Gasteiger partial charge in [0.25, 0.3) is 5.91 Å². The van der Waals surface area contributed by atoms with Crippen molar-refractivity contribution in [3.05, 3.63) is 57.6 Å². The largest absolute Gasteiger partial charge is 0.493 e. The standard InChI is InChI=1S/C25H28ClN3O4/c1-3-32-21-12-22(33-20-8-7-17-15(2)5-4-6-18(17)20)19(26)11-16(21)13-29-10-9-25(14-29)23(30)27-24(31)28-25/h4-6,11-12,20H,3,7-10,13-14H2,1-2H3,(H2,27,28,30,31)/t20-,25?/m0/s1. The molecule has 174 valence electrons. The Kier molecular flexibility index (Phi) is 5.70. The Labute approximate surface area is 198 Å². The molecule has 3 amide bonds. The van der Waals surface area contributed by atoms with Crippen molar-refractivity contribution in [3.8, 4) is 11.5 Å². The van der Waals surface area contributed by atoms with Gasteiger partial charge in [-0.3, -0.25) is 15.0 Å². The molecule has 2 N–H and O–H groups in total. The Balaban J connectivity index is 1.35. The van der Waals surface area contributed by atoms with E-state index in [9.17, 15) is 9.59 Å². The summed E-state index contributed by atoms with van der Waals surface area (Å²) in [5.41, 5.74) is 3.98. The minimum absolute atomic E-state index is 0.0272. The predicted molar refractivity (Wildman–Crippen MR) is 125 cm³/mol. The average Bonchev–Trinajstić information content (AvgIpc) is 3.44. The van der Waals surface area contributed by atoms with E-state index in [0.717, 1.165) is 24.2 Å². The maximum Gasteiger partial charge on any atom is 0.322 e. The molecule has 7 nitrogen and oxygen atoms in total. The van der Waals surface area contributed by atoms with Gasteiger partial charge in [0.15, 0.2) is 0 Å². The van der Waals surface area contributed by atoms with Crippen molar-refractivity contribution in [2.75, 3.05) is 19.7 Å². The van der Waals surface area contributed by atoms with E-state index < -0.39 is 11.6 Å². The molecule has 1 spiro atoms. The summed E-state index contributed by atoms with van der Waals surface area (Å²) in [5.74, 6) is 1.08. The minimum Gasteiger partial charge on any atom is -0.493 e. The highest BCUT2D eigenvalue weighted by Crippen LogP contribution is 2.41. The average molecular weight is 470 g/mol. The van der Waals surface area contributed by atoms with Gasteiger partial charge in [-0.2, -0.15) is 0 Å². The fraction of sp³-hybridized carbons (Fsp3) is 0.440. The number of nitrogens with zero attached hydrogens (tertiary/aromatic N) is 1. The third-order valence-electron chi connectivity index (χ3n) is 6.89. The smallest absolute Gasteiger partial charge is 0.322 e. The Morgan fingerprint density at radius 3 is 2.85 bits per heavy atom. The number of aryl methyl sites for hydroxylation is 1. The summed E-state index contributed by atoms with van der Waals surface area (Å²) < 4.78 is 12.3. The number of urea groups is 1. The fourth-order valence-corrected chi connectivity index (χ4v) is 5.47. The molecule has 2 aliphatic heterocycles. The van der Waals surface area contributed by atoms with Gasteiger partial charge in [-0.1, -0.05) is 29.8 Å². The molecule has 8 heteroatoms. The first-order valence-corrected chi connectivity index (χ1v) is 11.8. The van der Waals surface area contributed by atoms with Crippen molar-refractivity contribution in [1.29, 1.82) is 0 Å². The number of nitrogens with one attached hydrogen (secondary N) is 2. The number of imide groups is 1. The first kappa shape index (κ1) is 22.0. The summed E-state index contributed by atoms with van der Waals surface area (Å²) >= 11 is 6.67. The number of hydrogen-bond donors (Lipinski definition) is 2. The van der Waals surface area contributed by atoms with Gasteiger partial charge < -0.3 is 14.8 Å². The number of halogens is 1. The molecular formula is C25H28ClN3O4. The number of amides is 3. The van der Waals surface area contributed by atoms with Gasteiger partial charge in [0.1, 0.15) is 23.1 Å². The molecule has 2 heterocycles. The van der Waals surface area contributed by atoms with Gasteiger partial charge in [0.05, 0.1) is 11.6 Å². The molecule has 3 aliphatic rings. The number of ether oxygens (including phenoxy) is 2. The van der Waals surface area contributed by atoms with E-state index in [4.69, 9.17) is 21.1 Å². The van der Waals surface area contributed by atoms with E-state index in [1.165, 1.54) is 16.7 Å². The summed E-state index contributed by atoms with van der Waals surface area (Å²) in [6.45, 7) is 6.29. The number of likely N-dealkylation sites (tertiary alicyclic amines) is 1. The molecule has 0 bridgehead atoms. The van der Waals surface area contributed by atoms with Crippen LogP contribution in [0.4, 0.5) is 4.79 Å². The number of benzene rings is 2. The van der Waals surface area contributed by atoms with Crippen molar-refractivity contribution in [3.63, 3.8) is 0 Å². The van der Waals surface area contributed by atoms with Crippen LogP contribution < -0.4 is 20.1 Å². The molecule has 1 unspecified atom stereocenters. The highest BCUT2D eigenvalue weighted by Gasteiger charge is 2.50. The summed E-state index contributed by atoms with van der Waals surface area (Å²) in [4.78, 5) is 26.0. The quantitative estimate of drug-likeness (QED) is 0.627. The topological polar surface area (TPSA) is 79.9 Å². The molecule has 0 aromatic heterocycles. The van der Waals surface area contributed by atoms with Crippen molar-refractivity contribution in [2.24, 2.45) is 0 Å². The summed E-state index contributed by atoms with van der Waals surface area (Å²) in [6.07, 6.45) is 2.47. The highest BCUT2D eigenvalue weighted by molar-refractivity contribution is 6.32. The second-order valence-corrected chi connectivity index (χ2v) is 9.47. The summed E-state index contributed by atoms with van der Waals surface area (Å²) in [6, 6.07) is 9.69. The van der Waals surface area contributed by atoms with Crippen LogP contribution in [0.3, 0.4) is 0 Å². The molecule has 2 fully saturated rings. The molecule has 2 aromatic carbocycles. The van der Waals surface area contributed by atoms with Crippen LogP contribution in [0.1, 0.15) is 48.1 Å². The zero-order valence-corrected chi connectivity index (χ0v) is 19.6. The van der Waals surface area contributed by atoms with Gasteiger partial charge in [0.2, 0.25) is 0 Å². The Morgan fingerprint density at radius 1 is 1.24 bits per heavy atom. The number of hydrogen-bond acceptors (Lipinski definition) is 5. The molecule has 2 aromatic rings. The van der Waals surface area contributed by atoms with Crippen molar-refractivity contribution < 1.29 is 19.1 Å². The van der Waals surface area contributed by atoms with Crippen molar-refractivity contribution in [2.45, 2.75) is 51.3 Å². The van der Waals surface area contributed by atoms with E-state index in [1.807, 2.05) is 19.1 Å². The van der Waals surface area contributed by atoms with Gasteiger partial charge in [-0.05, 0) is 55.9 Å². The van der Waals surface area contributed by atoms with Gasteiger partial charge in [0, 0.05) is 31.3 Å². The van der Waals surface area contributed by atoms with Crippen molar-refractivity contribution >= 4 is 23.5 Å². The van der Waals surface area contributed by atoms with Gasteiger partial charge in [-0.25, -0.2) is 4.79 Å². The number of fused-ring (bicyclic) bond motifs is 1. The highest BCUT2D eigenvalue weighted by atomic mass is 35.5. The first-order valence-electron chi connectivity index (χ1n) is 11.4. The maximum absolute atomic E-state index is 12.3. The van der Waals surface area contributed by atoms with Crippen LogP contribution in [-0.4, -0.2) is 42.1 Å². The second-order valence-electron chi connectivity index (χ2n) is 9.06. The molecule has 0 radical (unpaired) electrons. The van der Waals surface area contributed by atoms with E-state index >= 15 is 0 Å².